The van der Waals surface area contributed by atoms with Gasteiger partial charge in [0.1, 0.15) is 0 Å². The number of halogens is 1. The molecule has 0 atom stereocenters. The van der Waals surface area contributed by atoms with E-state index in [2.05, 4.69) is 33.1 Å². The summed E-state index contributed by atoms with van der Waals surface area (Å²) in [5, 5.41) is 8.93. The highest BCUT2D eigenvalue weighted by Crippen LogP contribution is 2.32. The number of unbranched alkanes of at least 4 members (excludes halogenated alkanes) is 1. The van der Waals surface area contributed by atoms with Gasteiger partial charge in [0.2, 0.25) is 0 Å². The number of nitrogens with zero attached hydrogens (tertiary/aromatic N) is 2. The maximum atomic E-state index is 3.92. The van der Waals surface area contributed by atoms with Gasteiger partial charge in [0.15, 0.2) is 5.66 Å². The summed E-state index contributed by atoms with van der Waals surface area (Å²) in [6.07, 6.45) is 3.59. The second-order valence-electron chi connectivity index (χ2n) is 2.56. The summed E-state index contributed by atoms with van der Waals surface area (Å²) in [7, 11) is 0. The van der Waals surface area contributed by atoms with Crippen LogP contribution < -0.4 is 0 Å². The van der Waals surface area contributed by atoms with E-state index < -0.39 is 0 Å². The largest absolute Gasteiger partial charge is 0.188 e. The van der Waals surface area contributed by atoms with Gasteiger partial charge in [-0.3, -0.25) is 0 Å². The molecule has 0 spiro atoms. The summed E-state index contributed by atoms with van der Waals surface area (Å²) >= 11 is 3.38. The summed E-state index contributed by atoms with van der Waals surface area (Å²) in [5.74, 6) is 0. The van der Waals surface area contributed by atoms with Crippen LogP contribution in [0.1, 0.15) is 26.2 Å². The van der Waals surface area contributed by atoms with E-state index in [9.17, 15) is 0 Å². The molecule has 2 nitrogen and oxygen atoms in total. The average molecular weight is 191 g/mol. The van der Waals surface area contributed by atoms with Gasteiger partial charge in [0, 0.05) is 5.33 Å². The molecular weight excluding hydrogens is 180 g/mol. The topological polar surface area (TPSA) is 24.7 Å². The summed E-state index contributed by atoms with van der Waals surface area (Å²) < 4.78 is 0. The molecule has 0 aliphatic carbocycles. The molecule has 0 aromatic heterocycles. The number of hydrogen-bond donors (Lipinski definition) is 0. The fraction of sp³-hybridized carbons (Fsp3) is 1.00. The fourth-order valence-corrected chi connectivity index (χ4v) is 1.14. The zero-order chi connectivity index (χ0) is 6.74. The SMILES string of the molecule is CC1(CCCCBr)N=N1. The Kier molecular flexibility index (Phi) is 2.22. The van der Waals surface area contributed by atoms with Gasteiger partial charge in [-0.15, -0.1) is 0 Å². The Morgan fingerprint density at radius 3 is 2.44 bits per heavy atom. The van der Waals surface area contributed by atoms with Crippen molar-refractivity contribution in [2.24, 2.45) is 10.2 Å². The van der Waals surface area contributed by atoms with Crippen LogP contribution in [0.15, 0.2) is 10.2 Å². The quantitative estimate of drug-likeness (QED) is 0.482. The minimum atomic E-state index is 0.0299. The third-order valence-electron chi connectivity index (χ3n) is 1.48. The van der Waals surface area contributed by atoms with E-state index in [0.717, 1.165) is 11.8 Å². The molecule has 0 radical (unpaired) electrons. The predicted molar refractivity (Wildman–Crippen MR) is 40.9 cm³/mol. The van der Waals surface area contributed by atoms with Crippen molar-refractivity contribution in [3.8, 4) is 0 Å². The van der Waals surface area contributed by atoms with Crippen molar-refractivity contribution in [2.45, 2.75) is 31.8 Å². The molecule has 1 heterocycles. The van der Waals surface area contributed by atoms with Crippen molar-refractivity contribution in [1.29, 1.82) is 0 Å². The molecule has 0 N–H and O–H groups in total. The smallest absolute Gasteiger partial charge is 0.159 e. The highest BCUT2D eigenvalue weighted by Gasteiger charge is 2.32. The molecule has 1 aliphatic rings. The van der Waals surface area contributed by atoms with Gasteiger partial charge in [0.25, 0.3) is 0 Å². The molecule has 3 heteroatoms. The second kappa shape index (κ2) is 2.78. The molecule has 0 bridgehead atoms. The normalized spacial score (nSPS) is 20.2. The number of rotatable bonds is 4. The second-order valence-corrected chi connectivity index (χ2v) is 3.36. The first kappa shape index (κ1) is 7.19. The molecule has 0 unspecified atom stereocenters. The van der Waals surface area contributed by atoms with E-state index >= 15 is 0 Å². The monoisotopic (exact) mass is 190 g/mol. The lowest BCUT2D eigenvalue weighted by atomic mass is 10.1. The van der Waals surface area contributed by atoms with Crippen molar-refractivity contribution in [2.75, 3.05) is 5.33 Å². The minimum Gasteiger partial charge on any atom is -0.159 e. The number of alkyl halides is 1. The molecule has 0 aromatic carbocycles. The first-order valence-electron chi connectivity index (χ1n) is 3.27. The maximum Gasteiger partial charge on any atom is 0.188 e. The molecule has 52 valence electrons. The van der Waals surface area contributed by atoms with Crippen LogP contribution in [0.5, 0.6) is 0 Å². The summed E-state index contributed by atoms with van der Waals surface area (Å²) in [6, 6.07) is 0. The summed E-state index contributed by atoms with van der Waals surface area (Å²) in [5.41, 5.74) is 0.0299. The molecule has 1 aliphatic heterocycles. The Balaban J connectivity index is 1.93. The van der Waals surface area contributed by atoms with E-state index in [1.807, 2.05) is 0 Å². The van der Waals surface area contributed by atoms with Gasteiger partial charge in [0.05, 0.1) is 0 Å². The lowest BCUT2D eigenvalue weighted by molar-refractivity contribution is 0.564. The first-order chi connectivity index (χ1) is 4.27. The van der Waals surface area contributed by atoms with Crippen molar-refractivity contribution in [1.82, 2.24) is 0 Å². The zero-order valence-electron chi connectivity index (χ0n) is 5.60. The standard InChI is InChI=1S/C6H11BrN2/c1-6(8-9-6)4-2-3-5-7/h2-5H2,1H3. The highest BCUT2D eigenvalue weighted by molar-refractivity contribution is 9.09. The van der Waals surface area contributed by atoms with Crippen LogP contribution in [0, 0.1) is 0 Å². The van der Waals surface area contributed by atoms with Crippen molar-refractivity contribution in [3.63, 3.8) is 0 Å². The summed E-state index contributed by atoms with van der Waals surface area (Å²) in [6.45, 7) is 2.07. The van der Waals surface area contributed by atoms with Crippen molar-refractivity contribution < 1.29 is 0 Å². The molecular formula is C6H11BrN2. The van der Waals surface area contributed by atoms with Gasteiger partial charge in [-0.2, -0.15) is 10.2 Å². The Morgan fingerprint density at radius 1 is 1.33 bits per heavy atom. The van der Waals surface area contributed by atoms with Crippen molar-refractivity contribution in [3.05, 3.63) is 0 Å². The van der Waals surface area contributed by atoms with Crippen LogP contribution >= 0.6 is 15.9 Å². The van der Waals surface area contributed by atoms with Crippen LogP contribution in [0.25, 0.3) is 0 Å². The van der Waals surface area contributed by atoms with Crippen LogP contribution in [0.3, 0.4) is 0 Å². The fourth-order valence-electron chi connectivity index (χ4n) is 0.740. The van der Waals surface area contributed by atoms with E-state index in [-0.39, 0.29) is 5.66 Å². The van der Waals surface area contributed by atoms with Crippen LogP contribution in [-0.2, 0) is 0 Å². The Bertz CT molecular complexity index is 116. The average Bonchev–Trinajstić information content (AvgIpc) is 2.50. The van der Waals surface area contributed by atoms with E-state index in [1.165, 1.54) is 12.8 Å². The highest BCUT2D eigenvalue weighted by atomic mass is 79.9. The van der Waals surface area contributed by atoms with Crippen LogP contribution in [-0.4, -0.2) is 11.0 Å². The van der Waals surface area contributed by atoms with Gasteiger partial charge in [-0.25, -0.2) is 0 Å². The Labute approximate surface area is 63.9 Å². The third kappa shape index (κ3) is 2.43. The van der Waals surface area contributed by atoms with Crippen molar-refractivity contribution >= 4 is 15.9 Å². The molecule has 0 fully saturated rings. The molecule has 0 aromatic rings. The molecule has 0 saturated heterocycles. The number of hydrogen-bond acceptors (Lipinski definition) is 2. The Morgan fingerprint density at radius 2 is 2.00 bits per heavy atom. The minimum absolute atomic E-state index is 0.0299. The van der Waals surface area contributed by atoms with E-state index in [1.54, 1.807) is 0 Å². The van der Waals surface area contributed by atoms with Crippen LogP contribution in [0.2, 0.25) is 0 Å². The third-order valence-corrected chi connectivity index (χ3v) is 2.04. The molecule has 0 saturated carbocycles. The van der Waals surface area contributed by atoms with E-state index in [4.69, 9.17) is 0 Å². The van der Waals surface area contributed by atoms with Gasteiger partial charge in [-0.05, 0) is 26.2 Å². The Hall–Kier alpha value is 0.0800. The molecule has 1 rings (SSSR count). The van der Waals surface area contributed by atoms with Crippen LogP contribution in [0.4, 0.5) is 0 Å². The molecule has 0 amide bonds. The van der Waals surface area contributed by atoms with Gasteiger partial charge < -0.3 is 0 Å². The van der Waals surface area contributed by atoms with Gasteiger partial charge in [-0.1, -0.05) is 15.9 Å². The first-order valence-corrected chi connectivity index (χ1v) is 4.39. The summed E-state index contributed by atoms with van der Waals surface area (Å²) in [4.78, 5) is 0. The lowest BCUT2D eigenvalue weighted by Gasteiger charge is -1.99. The molecule has 9 heavy (non-hydrogen) atoms. The van der Waals surface area contributed by atoms with E-state index in [0.29, 0.717) is 0 Å². The zero-order valence-corrected chi connectivity index (χ0v) is 7.19. The van der Waals surface area contributed by atoms with Gasteiger partial charge >= 0.3 is 0 Å². The predicted octanol–water partition coefficient (Wildman–Crippen LogP) is 2.73. The maximum absolute atomic E-state index is 3.92. The lowest BCUT2D eigenvalue weighted by Crippen LogP contribution is -2.02.